The third-order valence-corrected chi connectivity index (χ3v) is 5.20. The Balaban J connectivity index is 1.31. The molecule has 4 rings (SSSR count). The highest BCUT2D eigenvalue weighted by Crippen LogP contribution is 2.31. The van der Waals surface area contributed by atoms with Crippen LogP contribution >= 0.6 is 11.3 Å². The number of hydrogen-bond donors (Lipinski definition) is 0. The van der Waals surface area contributed by atoms with Gasteiger partial charge in [-0.05, 0) is 23.6 Å². The van der Waals surface area contributed by atoms with Gasteiger partial charge in [-0.3, -0.25) is 4.79 Å². The summed E-state index contributed by atoms with van der Waals surface area (Å²) in [7, 11) is 1.70. The number of rotatable bonds is 6. The Kier molecular flexibility index (Phi) is 5.16. The second-order valence-electron chi connectivity index (χ2n) is 6.40. The lowest BCUT2D eigenvalue weighted by Gasteiger charge is -2.29. The average Bonchev–Trinajstić information content (AvgIpc) is 3.36. The number of hydrogen-bond acceptors (Lipinski definition) is 7. The molecule has 0 saturated heterocycles. The van der Waals surface area contributed by atoms with Crippen LogP contribution in [-0.2, 0) is 11.3 Å². The summed E-state index contributed by atoms with van der Waals surface area (Å²) in [6.45, 7) is 0.921. The number of fused-ring (bicyclic) bond motifs is 1. The molecule has 8 nitrogen and oxygen atoms in total. The number of para-hydroxylation sites is 2. The number of aromatic nitrogens is 2. The van der Waals surface area contributed by atoms with Crippen LogP contribution in [0.15, 0.2) is 51.0 Å². The van der Waals surface area contributed by atoms with Gasteiger partial charge in [0.25, 0.3) is 5.89 Å². The largest absolute Gasteiger partial charge is 0.486 e. The van der Waals surface area contributed by atoms with Crippen molar-refractivity contribution in [3.05, 3.63) is 52.3 Å². The van der Waals surface area contributed by atoms with E-state index in [4.69, 9.17) is 13.9 Å². The molecule has 0 radical (unpaired) electrons. The number of carbonyl (C=O) groups excluding carboxylic acids is 1. The first-order valence-electron chi connectivity index (χ1n) is 8.84. The number of thiophene rings is 1. The summed E-state index contributed by atoms with van der Waals surface area (Å²) in [5, 5.41) is 6.03. The van der Waals surface area contributed by atoms with Crippen LogP contribution in [0.2, 0.25) is 0 Å². The molecule has 1 aliphatic heterocycles. The summed E-state index contributed by atoms with van der Waals surface area (Å²) in [6, 6.07) is 11.1. The van der Waals surface area contributed by atoms with Gasteiger partial charge in [-0.15, -0.1) is 16.4 Å². The van der Waals surface area contributed by atoms with Gasteiger partial charge in [0.2, 0.25) is 5.91 Å². The Morgan fingerprint density at radius 1 is 1.29 bits per heavy atom. The monoisotopic (exact) mass is 401 g/mol. The highest BCUT2D eigenvalue weighted by atomic mass is 32.1. The van der Waals surface area contributed by atoms with E-state index in [1.807, 2.05) is 41.8 Å². The predicted octanol–water partition coefficient (Wildman–Crippen LogP) is 2.25. The van der Waals surface area contributed by atoms with Crippen molar-refractivity contribution in [3.8, 4) is 22.3 Å². The van der Waals surface area contributed by atoms with Crippen molar-refractivity contribution < 1.29 is 18.7 Å². The van der Waals surface area contributed by atoms with Gasteiger partial charge in [-0.1, -0.05) is 18.2 Å². The van der Waals surface area contributed by atoms with Crippen molar-refractivity contribution in [2.45, 2.75) is 19.1 Å². The smallest absolute Gasteiger partial charge is 0.437 e. The van der Waals surface area contributed by atoms with Gasteiger partial charge in [-0.25, -0.2) is 4.79 Å². The molecular formula is C19H19N3O5S. The van der Waals surface area contributed by atoms with Crippen molar-refractivity contribution in [2.24, 2.45) is 0 Å². The maximum Gasteiger partial charge on any atom is 0.437 e. The number of nitrogens with zero attached hydrogens (tertiary/aromatic N) is 3. The first-order chi connectivity index (χ1) is 13.6. The van der Waals surface area contributed by atoms with Crippen LogP contribution in [0.4, 0.5) is 0 Å². The molecule has 2 aromatic heterocycles. The summed E-state index contributed by atoms with van der Waals surface area (Å²) in [6.07, 6.45) is -0.110. The third kappa shape index (κ3) is 3.94. The number of ether oxygens (including phenoxy) is 2. The Morgan fingerprint density at radius 2 is 2.11 bits per heavy atom. The molecule has 3 aromatic rings. The Morgan fingerprint density at radius 3 is 2.89 bits per heavy atom. The first kappa shape index (κ1) is 18.3. The van der Waals surface area contributed by atoms with E-state index < -0.39 is 5.76 Å². The molecule has 0 fully saturated rings. The molecule has 1 aliphatic rings. The first-order valence-corrected chi connectivity index (χ1v) is 9.72. The van der Waals surface area contributed by atoms with E-state index >= 15 is 0 Å². The molecule has 3 heterocycles. The molecule has 0 spiro atoms. The standard InChI is InChI=1S/C19H19N3O5S/c1-21(11-13-12-25-14-5-2-3-6-15(14)26-13)17(23)8-9-22-19(24)27-18(20-22)16-7-4-10-28-16/h2-7,10,13H,8-9,11-12H2,1H3/t13-/m0/s1. The molecule has 0 bridgehead atoms. The lowest BCUT2D eigenvalue weighted by atomic mass is 10.2. The number of amides is 1. The van der Waals surface area contributed by atoms with Crippen molar-refractivity contribution in [3.63, 3.8) is 0 Å². The summed E-state index contributed by atoms with van der Waals surface area (Å²) < 4.78 is 17.9. The summed E-state index contributed by atoms with van der Waals surface area (Å²) in [5.74, 6) is 0.969. The van der Waals surface area contributed by atoms with Crippen molar-refractivity contribution in [2.75, 3.05) is 20.2 Å². The van der Waals surface area contributed by atoms with Crippen LogP contribution in [0.25, 0.3) is 10.8 Å². The number of carbonyl (C=O) groups is 1. The fraction of sp³-hybridized carbons (Fsp3) is 0.316. The van der Waals surface area contributed by atoms with Crippen molar-refractivity contribution >= 4 is 17.2 Å². The minimum atomic E-state index is -0.570. The third-order valence-electron chi connectivity index (χ3n) is 4.35. The maximum absolute atomic E-state index is 12.4. The summed E-state index contributed by atoms with van der Waals surface area (Å²) in [4.78, 5) is 26.7. The zero-order valence-electron chi connectivity index (χ0n) is 15.2. The minimum Gasteiger partial charge on any atom is -0.486 e. The quantitative estimate of drug-likeness (QED) is 0.630. The molecule has 1 aromatic carbocycles. The predicted molar refractivity (Wildman–Crippen MR) is 103 cm³/mol. The second-order valence-corrected chi connectivity index (χ2v) is 7.34. The zero-order valence-corrected chi connectivity index (χ0v) is 16.1. The van der Waals surface area contributed by atoms with Gasteiger partial charge in [-0.2, -0.15) is 4.68 Å². The topological polar surface area (TPSA) is 86.8 Å². The highest BCUT2D eigenvalue weighted by Gasteiger charge is 2.24. The number of benzene rings is 1. The molecule has 0 aliphatic carbocycles. The van der Waals surface area contributed by atoms with E-state index in [2.05, 4.69) is 5.10 Å². The Bertz CT molecular complexity index is 1010. The van der Waals surface area contributed by atoms with E-state index in [0.717, 1.165) is 4.88 Å². The van der Waals surface area contributed by atoms with Crippen LogP contribution in [0.1, 0.15) is 6.42 Å². The Labute approximate surface area is 164 Å². The molecule has 9 heteroatoms. The number of aryl methyl sites for hydroxylation is 1. The normalized spacial score (nSPS) is 15.4. The van der Waals surface area contributed by atoms with Crippen LogP contribution in [-0.4, -0.2) is 46.9 Å². The highest BCUT2D eigenvalue weighted by molar-refractivity contribution is 7.13. The van der Waals surface area contributed by atoms with E-state index in [-0.39, 0.29) is 30.9 Å². The number of likely N-dealkylation sites (N-methyl/N-ethyl adjacent to an activating group) is 1. The maximum atomic E-state index is 12.4. The van der Waals surface area contributed by atoms with Gasteiger partial charge in [0.1, 0.15) is 6.61 Å². The van der Waals surface area contributed by atoms with E-state index in [9.17, 15) is 9.59 Å². The van der Waals surface area contributed by atoms with Crippen LogP contribution < -0.4 is 15.2 Å². The summed E-state index contributed by atoms with van der Waals surface area (Å²) in [5.41, 5.74) is 0. The van der Waals surface area contributed by atoms with Gasteiger partial charge in [0.05, 0.1) is 18.0 Å². The fourth-order valence-electron chi connectivity index (χ4n) is 2.90. The van der Waals surface area contributed by atoms with Crippen LogP contribution in [0.5, 0.6) is 11.5 Å². The SMILES string of the molecule is CN(C[C@H]1COc2ccccc2O1)C(=O)CCn1nc(-c2cccs2)oc1=O. The molecule has 1 atom stereocenters. The average molecular weight is 401 g/mol. The lowest BCUT2D eigenvalue weighted by Crippen LogP contribution is -2.42. The van der Waals surface area contributed by atoms with Gasteiger partial charge in [0.15, 0.2) is 17.6 Å². The Hall–Kier alpha value is -3.07. The minimum absolute atomic E-state index is 0.116. The van der Waals surface area contributed by atoms with E-state index in [1.54, 1.807) is 11.9 Å². The second kappa shape index (κ2) is 7.89. The van der Waals surface area contributed by atoms with Gasteiger partial charge < -0.3 is 18.8 Å². The molecule has 0 unspecified atom stereocenters. The summed E-state index contributed by atoms with van der Waals surface area (Å²) >= 11 is 1.43. The van der Waals surface area contributed by atoms with Crippen LogP contribution in [0, 0.1) is 0 Å². The van der Waals surface area contributed by atoms with Crippen LogP contribution in [0.3, 0.4) is 0 Å². The molecule has 28 heavy (non-hydrogen) atoms. The molecule has 0 N–H and O–H groups in total. The lowest BCUT2D eigenvalue weighted by molar-refractivity contribution is -0.131. The van der Waals surface area contributed by atoms with Gasteiger partial charge in [0, 0.05) is 13.5 Å². The molecule has 146 valence electrons. The molecular weight excluding hydrogens is 382 g/mol. The molecule has 0 saturated carbocycles. The fourth-order valence-corrected chi connectivity index (χ4v) is 3.54. The van der Waals surface area contributed by atoms with Crippen molar-refractivity contribution in [1.29, 1.82) is 0 Å². The molecule has 1 amide bonds. The van der Waals surface area contributed by atoms with E-state index in [0.29, 0.717) is 24.7 Å². The van der Waals surface area contributed by atoms with E-state index in [1.165, 1.54) is 16.0 Å². The van der Waals surface area contributed by atoms with Gasteiger partial charge >= 0.3 is 5.76 Å². The van der Waals surface area contributed by atoms with Crippen molar-refractivity contribution in [1.82, 2.24) is 14.7 Å². The zero-order chi connectivity index (χ0) is 19.5.